The molecule has 0 aliphatic rings. The smallest absolute Gasteiger partial charge is 0.249 e. The summed E-state index contributed by atoms with van der Waals surface area (Å²) in [4.78, 5) is 12.5. The molecule has 1 heterocycles. The third-order valence-electron chi connectivity index (χ3n) is 5.28. The first-order valence-electron chi connectivity index (χ1n) is 11.0. The number of methoxy groups -OCH3 is 1. The van der Waals surface area contributed by atoms with Gasteiger partial charge in [-0.1, -0.05) is 54.6 Å². The van der Waals surface area contributed by atoms with Gasteiger partial charge in [0.25, 0.3) is 0 Å². The topological polar surface area (TPSA) is 65.4 Å². The molecule has 0 aliphatic heterocycles. The molecule has 0 radical (unpaired) electrons. The van der Waals surface area contributed by atoms with Crippen molar-refractivity contribution in [1.29, 1.82) is 0 Å². The lowest BCUT2D eigenvalue weighted by Gasteiger charge is -2.11. The molecule has 0 atom stereocenters. The molecule has 0 bridgehead atoms. The lowest BCUT2D eigenvalue weighted by Crippen LogP contribution is -2.09. The number of hydrogen-bond acceptors (Lipinski definition) is 4. The number of hydrogen-bond donors (Lipinski definition) is 1. The molecular formula is C28H27N3O3. The normalized spacial score (nSPS) is 10.9. The molecule has 3 aromatic carbocycles. The maximum absolute atomic E-state index is 12.5. The minimum absolute atomic E-state index is 0.248. The van der Waals surface area contributed by atoms with Crippen LogP contribution in [-0.2, 0) is 17.9 Å². The summed E-state index contributed by atoms with van der Waals surface area (Å²) in [6.45, 7) is 2.98. The zero-order valence-corrected chi connectivity index (χ0v) is 19.3. The minimum Gasteiger partial charge on any atom is -0.496 e. The average Bonchev–Trinajstić information content (AvgIpc) is 3.20. The summed E-state index contributed by atoms with van der Waals surface area (Å²) in [5.74, 6) is 1.79. The van der Waals surface area contributed by atoms with E-state index < -0.39 is 0 Å². The van der Waals surface area contributed by atoms with Crippen molar-refractivity contribution in [3.8, 4) is 11.5 Å². The zero-order valence-electron chi connectivity index (χ0n) is 19.3. The van der Waals surface area contributed by atoms with Crippen LogP contribution in [0.3, 0.4) is 0 Å². The maximum atomic E-state index is 12.5. The number of aryl methyl sites for hydroxylation is 1. The molecular weight excluding hydrogens is 426 g/mol. The van der Waals surface area contributed by atoms with Crippen LogP contribution in [0.15, 0.2) is 91.0 Å². The summed E-state index contributed by atoms with van der Waals surface area (Å²) in [7, 11) is 1.63. The largest absolute Gasteiger partial charge is 0.496 e. The van der Waals surface area contributed by atoms with Crippen molar-refractivity contribution in [3.05, 3.63) is 113 Å². The van der Waals surface area contributed by atoms with Gasteiger partial charge in [0.15, 0.2) is 5.82 Å². The van der Waals surface area contributed by atoms with Crippen LogP contribution in [0.2, 0.25) is 0 Å². The van der Waals surface area contributed by atoms with E-state index in [1.807, 2.05) is 84.4 Å². The van der Waals surface area contributed by atoms with Gasteiger partial charge in [0.2, 0.25) is 5.91 Å². The van der Waals surface area contributed by atoms with Crippen molar-refractivity contribution in [2.24, 2.45) is 0 Å². The van der Waals surface area contributed by atoms with Gasteiger partial charge in [-0.15, -0.1) is 0 Å². The fraction of sp³-hybridized carbons (Fsp3) is 0.143. The molecule has 1 aromatic heterocycles. The van der Waals surface area contributed by atoms with E-state index in [1.54, 1.807) is 13.2 Å². The van der Waals surface area contributed by atoms with Gasteiger partial charge in [-0.05, 0) is 48.4 Å². The first-order chi connectivity index (χ1) is 16.6. The third-order valence-corrected chi connectivity index (χ3v) is 5.28. The van der Waals surface area contributed by atoms with Crippen LogP contribution in [0.1, 0.15) is 22.4 Å². The highest BCUT2D eigenvalue weighted by Gasteiger charge is 2.08. The van der Waals surface area contributed by atoms with Crippen LogP contribution < -0.4 is 14.8 Å². The van der Waals surface area contributed by atoms with Crippen molar-refractivity contribution < 1.29 is 14.3 Å². The van der Waals surface area contributed by atoms with Crippen LogP contribution in [-0.4, -0.2) is 22.8 Å². The predicted molar refractivity (Wildman–Crippen MR) is 134 cm³/mol. The number of amides is 1. The number of para-hydroxylation sites is 1. The van der Waals surface area contributed by atoms with Gasteiger partial charge >= 0.3 is 0 Å². The van der Waals surface area contributed by atoms with Crippen LogP contribution in [0.5, 0.6) is 11.5 Å². The Morgan fingerprint density at radius 1 is 1.00 bits per heavy atom. The Kier molecular flexibility index (Phi) is 7.40. The summed E-state index contributed by atoms with van der Waals surface area (Å²) in [6, 6.07) is 27.3. The second kappa shape index (κ2) is 11.0. The number of carbonyl (C=O) groups excluding carboxylic acids is 1. The molecule has 34 heavy (non-hydrogen) atoms. The van der Waals surface area contributed by atoms with E-state index in [9.17, 15) is 4.79 Å². The number of aromatic nitrogens is 2. The average molecular weight is 454 g/mol. The Labute approximate surface area is 199 Å². The lowest BCUT2D eigenvalue weighted by atomic mass is 10.1. The first-order valence-corrected chi connectivity index (χ1v) is 11.0. The lowest BCUT2D eigenvalue weighted by molar-refractivity contribution is -0.111. The molecule has 0 saturated heterocycles. The molecule has 0 fully saturated rings. The molecule has 4 aromatic rings. The third kappa shape index (κ3) is 6.13. The van der Waals surface area contributed by atoms with Gasteiger partial charge in [-0.2, -0.15) is 5.10 Å². The molecule has 1 amide bonds. The Morgan fingerprint density at radius 3 is 2.47 bits per heavy atom. The predicted octanol–water partition coefficient (Wildman–Crippen LogP) is 5.48. The van der Waals surface area contributed by atoms with Gasteiger partial charge in [0.05, 0.1) is 13.7 Å². The number of nitrogens with zero attached hydrogens (tertiary/aromatic N) is 2. The van der Waals surface area contributed by atoms with E-state index in [4.69, 9.17) is 9.47 Å². The van der Waals surface area contributed by atoms with Crippen LogP contribution >= 0.6 is 0 Å². The molecule has 0 spiro atoms. The van der Waals surface area contributed by atoms with Crippen molar-refractivity contribution >= 4 is 17.8 Å². The van der Waals surface area contributed by atoms with Crippen molar-refractivity contribution in [3.63, 3.8) is 0 Å². The highest BCUT2D eigenvalue weighted by atomic mass is 16.5. The van der Waals surface area contributed by atoms with Crippen molar-refractivity contribution in [1.82, 2.24) is 9.78 Å². The van der Waals surface area contributed by atoms with Crippen molar-refractivity contribution in [2.75, 3.05) is 12.4 Å². The van der Waals surface area contributed by atoms with Crippen LogP contribution in [0, 0.1) is 6.92 Å². The van der Waals surface area contributed by atoms with Crippen LogP contribution in [0.4, 0.5) is 5.82 Å². The maximum Gasteiger partial charge on any atom is 0.249 e. The van der Waals surface area contributed by atoms with Gasteiger partial charge in [-0.25, -0.2) is 0 Å². The quantitative estimate of drug-likeness (QED) is 0.341. The SMILES string of the molecule is COc1ccc(/C=C/C(=O)Nc2cc(C)n(Cc3ccccc3)n2)cc1COc1ccccc1. The molecule has 6 nitrogen and oxygen atoms in total. The minimum atomic E-state index is -0.248. The number of rotatable bonds is 9. The van der Waals surface area contributed by atoms with E-state index in [0.717, 1.165) is 33.9 Å². The second-order valence-corrected chi connectivity index (χ2v) is 7.81. The summed E-state index contributed by atoms with van der Waals surface area (Å²) in [5, 5.41) is 7.34. The van der Waals surface area contributed by atoms with Gasteiger partial charge in [0, 0.05) is 23.4 Å². The number of nitrogens with one attached hydrogen (secondary N) is 1. The summed E-state index contributed by atoms with van der Waals surface area (Å²) >= 11 is 0. The summed E-state index contributed by atoms with van der Waals surface area (Å²) in [5.41, 5.74) is 3.89. The summed E-state index contributed by atoms with van der Waals surface area (Å²) < 4.78 is 13.2. The molecule has 0 saturated carbocycles. The molecule has 172 valence electrons. The molecule has 4 rings (SSSR count). The van der Waals surface area contributed by atoms with E-state index in [1.165, 1.54) is 6.08 Å². The Balaban J connectivity index is 1.39. The van der Waals surface area contributed by atoms with Gasteiger partial charge < -0.3 is 14.8 Å². The molecule has 1 N–H and O–H groups in total. The first kappa shape index (κ1) is 22.9. The Morgan fingerprint density at radius 2 is 1.74 bits per heavy atom. The van der Waals surface area contributed by atoms with E-state index in [0.29, 0.717) is 19.0 Å². The zero-order chi connectivity index (χ0) is 23.8. The van der Waals surface area contributed by atoms with Crippen molar-refractivity contribution in [2.45, 2.75) is 20.1 Å². The monoisotopic (exact) mass is 453 g/mol. The second-order valence-electron chi connectivity index (χ2n) is 7.81. The number of carbonyl (C=O) groups is 1. The number of anilines is 1. The number of ether oxygens (including phenoxy) is 2. The highest BCUT2D eigenvalue weighted by molar-refractivity contribution is 6.01. The fourth-order valence-corrected chi connectivity index (χ4v) is 3.52. The standard InChI is InChI=1S/C28H27N3O3/c1-21-17-27(30-31(21)19-23-9-5-3-6-10-23)29-28(32)16-14-22-13-15-26(33-2)24(18-22)20-34-25-11-7-4-8-12-25/h3-18H,19-20H2,1-2H3,(H,29,30,32)/b16-14+. The Bertz CT molecular complexity index is 1260. The van der Waals surface area contributed by atoms with Gasteiger partial charge in [-0.3, -0.25) is 9.48 Å². The van der Waals surface area contributed by atoms with Crippen LogP contribution in [0.25, 0.3) is 6.08 Å². The molecule has 6 heteroatoms. The van der Waals surface area contributed by atoms with E-state index in [2.05, 4.69) is 22.5 Å². The Hall–Kier alpha value is -4.32. The fourth-order valence-electron chi connectivity index (χ4n) is 3.52. The molecule has 0 unspecified atom stereocenters. The highest BCUT2D eigenvalue weighted by Crippen LogP contribution is 2.23. The van der Waals surface area contributed by atoms with E-state index in [-0.39, 0.29) is 5.91 Å². The summed E-state index contributed by atoms with van der Waals surface area (Å²) in [6.07, 6.45) is 3.25. The van der Waals surface area contributed by atoms with E-state index >= 15 is 0 Å². The number of benzene rings is 3. The van der Waals surface area contributed by atoms with Gasteiger partial charge in [0.1, 0.15) is 18.1 Å². The molecule has 0 aliphatic carbocycles.